The molecule has 0 radical (unpaired) electrons. The van der Waals surface area contributed by atoms with E-state index in [4.69, 9.17) is 18.9 Å². The van der Waals surface area contributed by atoms with Gasteiger partial charge in [0, 0.05) is 0 Å². The van der Waals surface area contributed by atoms with Crippen LogP contribution in [0, 0.1) is 0 Å². The Bertz CT molecular complexity index is 1830. The molecule has 0 aliphatic heterocycles. The normalized spacial score (nSPS) is 10.8. The second kappa shape index (κ2) is 14.9. The van der Waals surface area contributed by atoms with Crippen LogP contribution in [-0.4, -0.2) is 56.1 Å². The number of rotatable bonds is 13. The highest BCUT2D eigenvalue weighted by Gasteiger charge is 2.25. The number of methoxy groups -OCH3 is 2. The van der Waals surface area contributed by atoms with Gasteiger partial charge in [0.1, 0.15) is 47.5 Å². The van der Waals surface area contributed by atoms with Crippen molar-refractivity contribution in [2.24, 2.45) is 0 Å². The molecule has 0 bridgehead atoms. The smallest absolute Gasteiger partial charge is 0.337 e. The van der Waals surface area contributed by atoms with Crippen molar-refractivity contribution in [3.8, 4) is 22.9 Å². The van der Waals surface area contributed by atoms with Crippen LogP contribution in [-0.2, 0) is 35.8 Å². The van der Waals surface area contributed by atoms with Crippen LogP contribution in [0.5, 0.6) is 11.5 Å². The quantitative estimate of drug-likeness (QED) is 0.151. The molecule has 0 aliphatic rings. The first kappa shape index (κ1) is 31.7. The molecule has 2 aromatic heterocycles. The average Bonchev–Trinajstić information content (AvgIpc) is 3.72. The van der Waals surface area contributed by atoms with Gasteiger partial charge in [-0.15, -0.1) is 10.2 Å². The minimum absolute atomic E-state index is 0.0769. The van der Waals surface area contributed by atoms with Gasteiger partial charge >= 0.3 is 11.9 Å². The average molecular weight is 645 g/mol. The maximum Gasteiger partial charge on any atom is 0.337 e. The topological polar surface area (TPSA) is 132 Å². The lowest BCUT2D eigenvalue weighted by molar-refractivity contribution is 0.0591. The summed E-state index contributed by atoms with van der Waals surface area (Å²) in [5, 5.41) is 18.2. The van der Waals surface area contributed by atoms with E-state index in [1.54, 1.807) is 48.5 Å². The molecule has 0 atom stereocenters. The third-order valence-corrected chi connectivity index (χ3v) is 7.49. The van der Waals surface area contributed by atoms with Gasteiger partial charge in [-0.2, -0.15) is 0 Å². The Kier molecular flexibility index (Phi) is 9.81. The first-order chi connectivity index (χ1) is 23.5. The molecule has 0 amide bonds. The van der Waals surface area contributed by atoms with Gasteiger partial charge in [0.2, 0.25) is 0 Å². The molecule has 2 heterocycles. The summed E-state index contributed by atoms with van der Waals surface area (Å²) in [5.41, 5.74) is 5.35. The third kappa shape index (κ3) is 7.39. The van der Waals surface area contributed by atoms with Crippen LogP contribution in [0.1, 0.15) is 43.2 Å². The second-order valence-corrected chi connectivity index (χ2v) is 10.7. The predicted molar refractivity (Wildman–Crippen MR) is 174 cm³/mol. The van der Waals surface area contributed by atoms with Gasteiger partial charge < -0.3 is 18.9 Å². The summed E-state index contributed by atoms with van der Waals surface area (Å²) in [5.74, 6) is 0.226. The first-order valence-electron chi connectivity index (χ1n) is 15.1. The Labute approximate surface area is 276 Å². The number of carbonyl (C=O) groups is 2. The van der Waals surface area contributed by atoms with Crippen molar-refractivity contribution in [2.75, 3.05) is 14.2 Å². The van der Waals surface area contributed by atoms with E-state index < -0.39 is 11.9 Å². The van der Waals surface area contributed by atoms with Crippen molar-refractivity contribution in [1.29, 1.82) is 0 Å². The Morgan fingerprint density at radius 3 is 1.27 bits per heavy atom. The highest BCUT2D eigenvalue weighted by atomic mass is 16.5. The van der Waals surface area contributed by atoms with E-state index in [1.807, 2.05) is 70.0 Å². The molecule has 6 rings (SSSR count). The van der Waals surface area contributed by atoms with Gasteiger partial charge in [-0.1, -0.05) is 71.1 Å². The Morgan fingerprint density at radius 1 is 0.542 bits per heavy atom. The number of esters is 2. The number of aromatic nitrogens is 6. The number of hydrogen-bond acceptors (Lipinski definition) is 10. The lowest BCUT2D eigenvalue weighted by Crippen LogP contribution is -2.12. The summed E-state index contributed by atoms with van der Waals surface area (Å²) in [7, 11) is 2.68. The second-order valence-electron chi connectivity index (χ2n) is 10.7. The van der Waals surface area contributed by atoms with Crippen molar-refractivity contribution in [3.05, 3.63) is 143 Å². The fraction of sp³-hybridized carbons (Fsp3) is 0.167. The molecule has 48 heavy (non-hydrogen) atoms. The summed E-state index contributed by atoms with van der Waals surface area (Å²) >= 11 is 0. The largest absolute Gasteiger partial charge is 0.487 e. The number of nitrogens with zero attached hydrogens (tertiary/aromatic N) is 6. The molecule has 0 saturated heterocycles. The van der Waals surface area contributed by atoms with Crippen LogP contribution in [0.3, 0.4) is 0 Å². The minimum atomic E-state index is -0.430. The van der Waals surface area contributed by atoms with Crippen LogP contribution in [0.4, 0.5) is 0 Å². The zero-order valence-corrected chi connectivity index (χ0v) is 26.4. The molecule has 12 nitrogen and oxygen atoms in total. The van der Waals surface area contributed by atoms with Crippen LogP contribution >= 0.6 is 0 Å². The Balaban J connectivity index is 1.36. The predicted octanol–water partition coefficient (Wildman–Crippen LogP) is 5.36. The molecule has 12 heteroatoms. The van der Waals surface area contributed by atoms with E-state index in [2.05, 4.69) is 20.6 Å². The molecular weight excluding hydrogens is 612 g/mol. The maximum absolute atomic E-state index is 11.9. The summed E-state index contributed by atoms with van der Waals surface area (Å²) in [6.45, 7) is 1.02. The molecule has 0 N–H and O–H groups in total. The van der Waals surface area contributed by atoms with Crippen molar-refractivity contribution < 1.29 is 28.5 Å². The first-order valence-corrected chi connectivity index (χ1v) is 15.1. The standard InChI is InChI=1S/C36H32N6O6/c1-45-35(43)27-13-17-29(18-14-27)47-23-31-33(41(39-37-31)21-25-9-5-3-6-10-25)34-32(38-40-42(34)22-26-11-7-4-8-12-26)24-48-30-19-15-28(16-20-30)36(44)46-2/h3-20H,21-24H2,1-2H3. The molecule has 0 spiro atoms. The maximum atomic E-state index is 11.9. The fourth-order valence-corrected chi connectivity index (χ4v) is 5.06. The summed E-state index contributed by atoms with van der Waals surface area (Å²) in [6.07, 6.45) is 0. The molecule has 4 aromatic carbocycles. The third-order valence-electron chi connectivity index (χ3n) is 7.49. The van der Waals surface area contributed by atoms with E-state index in [0.717, 1.165) is 11.1 Å². The molecule has 242 valence electrons. The SMILES string of the molecule is COC(=O)c1ccc(OCc2nnn(Cc3ccccc3)c2-c2c(COc3ccc(C(=O)OC)cc3)nnn2Cc2ccccc2)cc1. The fourth-order valence-electron chi connectivity index (χ4n) is 5.06. The Morgan fingerprint density at radius 2 is 0.917 bits per heavy atom. The van der Waals surface area contributed by atoms with Crippen molar-refractivity contribution in [3.63, 3.8) is 0 Å². The molecular formula is C36H32N6O6. The Hall–Kier alpha value is -6.30. The van der Waals surface area contributed by atoms with Gasteiger partial charge in [0.15, 0.2) is 0 Å². The van der Waals surface area contributed by atoms with E-state index in [0.29, 0.717) is 58.5 Å². The van der Waals surface area contributed by atoms with Crippen molar-refractivity contribution in [1.82, 2.24) is 30.0 Å². The highest BCUT2D eigenvalue weighted by molar-refractivity contribution is 5.89. The monoisotopic (exact) mass is 644 g/mol. The van der Waals surface area contributed by atoms with E-state index in [-0.39, 0.29) is 13.2 Å². The molecule has 0 fully saturated rings. The van der Waals surface area contributed by atoms with Crippen LogP contribution in [0.25, 0.3) is 11.4 Å². The van der Waals surface area contributed by atoms with Gasteiger partial charge in [0.05, 0.1) is 38.4 Å². The van der Waals surface area contributed by atoms with Gasteiger partial charge in [-0.05, 0) is 59.7 Å². The lowest BCUT2D eigenvalue weighted by atomic mass is 10.1. The van der Waals surface area contributed by atoms with E-state index in [9.17, 15) is 9.59 Å². The van der Waals surface area contributed by atoms with Crippen LogP contribution < -0.4 is 9.47 Å². The van der Waals surface area contributed by atoms with Crippen molar-refractivity contribution >= 4 is 11.9 Å². The summed E-state index contributed by atoms with van der Waals surface area (Å²) in [4.78, 5) is 23.8. The molecule has 0 saturated carbocycles. The summed E-state index contributed by atoms with van der Waals surface area (Å²) in [6, 6.07) is 33.2. The molecule has 6 aromatic rings. The van der Waals surface area contributed by atoms with Gasteiger partial charge in [-0.25, -0.2) is 19.0 Å². The van der Waals surface area contributed by atoms with Crippen LogP contribution in [0.15, 0.2) is 109 Å². The minimum Gasteiger partial charge on any atom is -0.487 e. The number of carbonyl (C=O) groups excluding carboxylic acids is 2. The number of hydrogen-bond donors (Lipinski definition) is 0. The number of benzene rings is 4. The van der Waals surface area contributed by atoms with E-state index >= 15 is 0 Å². The van der Waals surface area contributed by atoms with Crippen LogP contribution in [0.2, 0.25) is 0 Å². The summed E-state index contributed by atoms with van der Waals surface area (Å²) < 4.78 is 25.5. The van der Waals surface area contributed by atoms with Gasteiger partial charge in [-0.3, -0.25) is 0 Å². The van der Waals surface area contributed by atoms with E-state index in [1.165, 1.54) is 14.2 Å². The molecule has 0 unspecified atom stereocenters. The lowest BCUT2D eigenvalue weighted by Gasteiger charge is -2.13. The zero-order chi connectivity index (χ0) is 33.3. The number of ether oxygens (including phenoxy) is 4. The highest BCUT2D eigenvalue weighted by Crippen LogP contribution is 2.29. The zero-order valence-electron chi connectivity index (χ0n) is 26.4. The molecule has 0 aliphatic carbocycles. The van der Waals surface area contributed by atoms with Crippen molar-refractivity contribution in [2.45, 2.75) is 26.3 Å². The van der Waals surface area contributed by atoms with Gasteiger partial charge in [0.25, 0.3) is 0 Å².